The molecule has 0 spiro atoms. The zero-order valence-corrected chi connectivity index (χ0v) is 41.5. The van der Waals surface area contributed by atoms with Crippen molar-refractivity contribution in [1.82, 2.24) is 0 Å². The Kier molecular flexibility index (Phi) is 13.7. The van der Waals surface area contributed by atoms with Gasteiger partial charge >= 0.3 is 12.1 Å². The zero-order valence-electron chi connectivity index (χ0n) is 41.5. The van der Waals surface area contributed by atoms with Crippen molar-refractivity contribution in [2.45, 2.75) is 174 Å². The number of carboxylic acid groups (broad SMARTS) is 1. The van der Waals surface area contributed by atoms with E-state index in [2.05, 4.69) is 70.8 Å². The number of benzene rings is 1. The maximum Gasteiger partial charge on any atom is 0.508 e. The van der Waals surface area contributed by atoms with Crippen LogP contribution in [0.3, 0.4) is 0 Å². The lowest BCUT2D eigenvalue weighted by molar-refractivity contribution is -0.211. The van der Waals surface area contributed by atoms with Crippen LogP contribution < -0.4 is 10.6 Å². The number of carboxylic acids is 1. The lowest BCUT2D eigenvalue weighted by Gasteiger charge is -2.64. The number of aliphatic hydroxyl groups excluding tert-OH is 1. The largest absolute Gasteiger partial charge is 0.508 e. The fraction of sp³-hybridized carbons (Fsp3) is 0.768. The number of rotatable bonds is 14. The van der Waals surface area contributed by atoms with Crippen LogP contribution in [-0.4, -0.2) is 90.5 Å². The standard InChI is InChI=1S/C56H82N2O9/c1-33(8-19-49(61)62)43-17-18-45-51-46(31-48(60)56(43,45)5)53(2)22-20-39(29-36(53)30-47(51)67-52(63)66-26-7-24-57)65-27-25-58(6)37-12-9-34(10-13-37)42-32-54(3)44(21-23-55(54,4)64)41-15-11-35-28-38(59)14-16-40(35)50(41)42/h9-10,12-13,28,33,36,39,41-48,51,60,64H,7-8,11,14-27,29-32,57H2,1-6H3,(H,61,62)/t33-,36+,39+,41?,42-,43?,44?,45+,46+,47-,48+,51+,53+,54+,55+,56-/m1/s1. The van der Waals surface area contributed by atoms with Crippen LogP contribution in [-0.2, 0) is 23.8 Å². The minimum absolute atomic E-state index is 0.0351. The molecule has 0 heterocycles. The van der Waals surface area contributed by atoms with E-state index < -0.39 is 23.8 Å². The summed E-state index contributed by atoms with van der Waals surface area (Å²) in [5.41, 5.74) is 11.1. The molecule has 0 bridgehead atoms. The van der Waals surface area contributed by atoms with Gasteiger partial charge in [0.2, 0.25) is 0 Å². The molecule has 0 aliphatic heterocycles. The number of hydrogen-bond donors (Lipinski definition) is 4. The average molecular weight is 927 g/mol. The Morgan fingerprint density at radius 2 is 1.70 bits per heavy atom. The molecule has 0 aromatic heterocycles. The topological polar surface area (TPSA) is 169 Å². The summed E-state index contributed by atoms with van der Waals surface area (Å²) in [6.45, 7) is 13.2. The van der Waals surface area contributed by atoms with E-state index in [0.29, 0.717) is 50.7 Å². The number of anilines is 1. The number of hydrogen-bond acceptors (Lipinski definition) is 10. The molecule has 0 saturated heterocycles. The Morgan fingerprint density at radius 3 is 2.45 bits per heavy atom. The summed E-state index contributed by atoms with van der Waals surface area (Å²) in [5.74, 6) is 1.68. The Morgan fingerprint density at radius 1 is 0.925 bits per heavy atom. The van der Waals surface area contributed by atoms with Crippen molar-refractivity contribution >= 4 is 23.6 Å². The van der Waals surface area contributed by atoms with E-state index in [-0.39, 0.29) is 88.7 Å². The minimum Gasteiger partial charge on any atom is -0.481 e. The smallest absolute Gasteiger partial charge is 0.481 e. The van der Waals surface area contributed by atoms with Gasteiger partial charge in [0.1, 0.15) is 6.10 Å². The van der Waals surface area contributed by atoms with Gasteiger partial charge < -0.3 is 40.2 Å². The first-order valence-corrected chi connectivity index (χ1v) is 26.4. The van der Waals surface area contributed by atoms with Crippen LogP contribution in [0.5, 0.6) is 0 Å². The third-order valence-corrected chi connectivity index (χ3v) is 20.9. The zero-order chi connectivity index (χ0) is 47.6. The van der Waals surface area contributed by atoms with Crippen LogP contribution in [0.25, 0.3) is 0 Å². The highest BCUT2D eigenvalue weighted by molar-refractivity contribution is 5.93. The summed E-state index contributed by atoms with van der Waals surface area (Å²) >= 11 is 0. The van der Waals surface area contributed by atoms with Gasteiger partial charge in [0, 0.05) is 49.4 Å². The van der Waals surface area contributed by atoms with Crippen molar-refractivity contribution in [3.63, 3.8) is 0 Å². The van der Waals surface area contributed by atoms with Crippen LogP contribution in [0.2, 0.25) is 0 Å². The van der Waals surface area contributed by atoms with Gasteiger partial charge in [-0.1, -0.05) is 45.4 Å². The number of aliphatic hydroxyl groups is 2. The van der Waals surface area contributed by atoms with E-state index in [9.17, 15) is 29.7 Å². The second-order valence-corrected chi connectivity index (χ2v) is 23.9. The number of carbonyl (C=O) groups excluding carboxylic acids is 2. The molecule has 8 aliphatic carbocycles. The van der Waals surface area contributed by atoms with E-state index in [1.165, 1.54) is 16.7 Å². The summed E-state index contributed by atoms with van der Waals surface area (Å²) in [5, 5.41) is 33.5. The number of likely N-dealkylation sites (N-methyl/N-ethyl adjacent to an activating group) is 1. The molecule has 3 unspecified atom stereocenters. The molecule has 6 fully saturated rings. The fourth-order valence-corrected chi connectivity index (χ4v) is 16.9. The molecule has 11 nitrogen and oxygen atoms in total. The van der Waals surface area contributed by atoms with E-state index in [0.717, 1.165) is 89.3 Å². The summed E-state index contributed by atoms with van der Waals surface area (Å²) in [4.78, 5) is 39.6. The molecule has 11 heteroatoms. The summed E-state index contributed by atoms with van der Waals surface area (Å²) in [6, 6.07) is 9.11. The first kappa shape index (κ1) is 48.8. The molecular formula is C56H82N2O9. The minimum atomic E-state index is -0.781. The number of nitrogens with zero attached hydrogens (tertiary/aromatic N) is 1. The second kappa shape index (κ2) is 18.8. The van der Waals surface area contributed by atoms with Crippen LogP contribution in [0.1, 0.15) is 155 Å². The highest BCUT2D eigenvalue weighted by Gasteiger charge is 2.67. The number of ether oxygens (including phenoxy) is 3. The van der Waals surface area contributed by atoms with Crippen LogP contribution in [0.4, 0.5) is 10.5 Å². The third kappa shape index (κ3) is 8.64. The fourth-order valence-electron chi connectivity index (χ4n) is 16.9. The molecule has 1 aromatic carbocycles. The highest BCUT2D eigenvalue weighted by Crippen LogP contribution is 2.70. The molecule has 16 atom stereocenters. The van der Waals surface area contributed by atoms with Gasteiger partial charge in [0.25, 0.3) is 0 Å². The number of ketones is 1. The summed E-state index contributed by atoms with van der Waals surface area (Å²) < 4.78 is 18.6. The number of nitrogens with two attached hydrogens (primary N) is 1. The maximum atomic E-state index is 13.3. The van der Waals surface area contributed by atoms with E-state index in [4.69, 9.17) is 19.9 Å². The molecule has 370 valence electrons. The first-order valence-electron chi connectivity index (χ1n) is 26.4. The monoisotopic (exact) mass is 927 g/mol. The van der Waals surface area contributed by atoms with Crippen molar-refractivity contribution in [1.29, 1.82) is 0 Å². The van der Waals surface area contributed by atoms with Crippen molar-refractivity contribution < 1.29 is 43.9 Å². The van der Waals surface area contributed by atoms with E-state index in [1.54, 1.807) is 5.57 Å². The van der Waals surface area contributed by atoms with Gasteiger partial charge in [-0.05, 0) is 197 Å². The first-order chi connectivity index (χ1) is 31.9. The van der Waals surface area contributed by atoms with Crippen molar-refractivity contribution in [2.75, 3.05) is 38.3 Å². The molecule has 1 aromatic rings. The van der Waals surface area contributed by atoms with Gasteiger partial charge in [-0.2, -0.15) is 0 Å². The van der Waals surface area contributed by atoms with Crippen molar-refractivity contribution in [3.8, 4) is 0 Å². The van der Waals surface area contributed by atoms with Crippen molar-refractivity contribution in [2.24, 2.45) is 69.3 Å². The molecule has 8 aliphatic rings. The van der Waals surface area contributed by atoms with Gasteiger partial charge in [-0.15, -0.1) is 0 Å². The van der Waals surface area contributed by atoms with Gasteiger partial charge in [-0.3, -0.25) is 9.59 Å². The number of carbonyl (C=O) groups is 3. The van der Waals surface area contributed by atoms with Crippen LogP contribution in [0.15, 0.2) is 47.1 Å². The normalized spacial score (nSPS) is 41.4. The highest BCUT2D eigenvalue weighted by atomic mass is 16.7. The van der Waals surface area contributed by atoms with Crippen LogP contribution in [0, 0.1) is 63.6 Å². The lowest BCUT2D eigenvalue weighted by atomic mass is 9.43. The maximum absolute atomic E-state index is 13.3. The quantitative estimate of drug-likeness (QED) is 0.104. The Hall–Kier alpha value is -3.25. The molecule has 0 radical (unpaired) electrons. The van der Waals surface area contributed by atoms with E-state index >= 15 is 0 Å². The molecule has 0 amide bonds. The predicted molar refractivity (Wildman–Crippen MR) is 258 cm³/mol. The summed E-state index contributed by atoms with van der Waals surface area (Å²) in [7, 11) is 2.13. The Bertz CT molecular complexity index is 2080. The molecule has 5 N–H and O–H groups in total. The number of aliphatic carboxylic acids is 1. The Labute approximate surface area is 400 Å². The predicted octanol–water partition coefficient (Wildman–Crippen LogP) is 9.77. The third-order valence-electron chi connectivity index (χ3n) is 20.9. The SMILES string of the molecule is C[C@H](CCC(=O)O)C1CC[C@H]2[C@@H]3[C@H](OC(=O)OCCCN)C[C@@H]4C[C@@H](OCCN(C)c5ccc([C@H]6C[C@@]7(C)C(CC[C@]7(C)O)C7CCC8=CC(=O)CCC8=C76)cc5)CC[C@]4(C)[C@H]3C[C@H](O)[C@]12C. The van der Waals surface area contributed by atoms with Gasteiger partial charge in [-0.25, -0.2) is 4.79 Å². The lowest BCUT2D eigenvalue weighted by Crippen LogP contribution is -2.63. The molecular weight excluding hydrogens is 845 g/mol. The van der Waals surface area contributed by atoms with Crippen molar-refractivity contribution in [3.05, 3.63) is 52.6 Å². The number of fused-ring (bicyclic) bond motifs is 9. The molecule has 9 rings (SSSR count). The summed E-state index contributed by atoms with van der Waals surface area (Å²) in [6.07, 6.45) is 14.2. The van der Waals surface area contributed by atoms with Crippen LogP contribution >= 0.6 is 0 Å². The molecule has 6 saturated carbocycles. The number of allylic oxidation sites excluding steroid dienone is 4. The Balaban J connectivity index is 0.866. The second-order valence-electron chi connectivity index (χ2n) is 23.9. The van der Waals surface area contributed by atoms with E-state index in [1.807, 2.05) is 6.08 Å². The van der Waals surface area contributed by atoms with Gasteiger partial charge in [0.15, 0.2) is 5.78 Å². The average Bonchev–Trinajstić information content (AvgIpc) is 3.78. The van der Waals surface area contributed by atoms with Gasteiger partial charge in [0.05, 0.1) is 31.0 Å². The molecule has 67 heavy (non-hydrogen) atoms.